The number of benzene rings is 1. The summed E-state index contributed by atoms with van der Waals surface area (Å²) in [5.74, 6) is 0.208. The average molecular weight is 198 g/mol. The Morgan fingerprint density at radius 2 is 2.13 bits per heavy atom. The van der Waals surface area contributed by atoms with E-state index in [1.807, 2.05) is 18.2 Å². The van der Waals surface area contributed by atoms with Crippen LogP contribution in [-0.4, -0.2) is 5.71 Å². The number of rotatable bonds is 2. The van der Waals surface area contributed by atoms with Crippen LogP contribution in [0.5, 0.6) is 0 Å². The molecule has 0 spiro atoms. The molecule has 0 heterocycles. The minimum atomic E-state index is 0.208. The summed E-state index contributed by atoms with van der Waals surface area (Å²) in [5.41, 5.74) is 2.45. The van der Waals surface area contributed by atoms with E-state index < -0.39 is 0 Å². The van der Waals surface area contributed by atoms with E-state index in [4.69, 9.17) is 5.26 Å². The standard InChI is InChI=1S/C13H14N2/c14-9-12-6-7-13(8-12)15-10-11-4-2-1-3-5-11/h1-5,12H,6-8,10H2. The molecule has 0 bridgehead atoms. The molecule has 1 aromatic carbocycles. The van der Waals surface area contributed by atoms with Crippen LogP contribution in [0.4, 0.5) is 0 Å². The molecule has 1 aliphatic carbocycles. The van der Waals surface area contributed by atoms with Crippen molar-refractivity contribution in [3.63, 3.8) is 0 Å². The first-order valence-electron chi connectivity index (χ1n) is 5.34. The molecular formula is C13H14N2. The molecule has 1 aliphatic rings. The lowest BCUT2D eigenvalue weighted by Crippen LogP contribution is -1.93. The predicted octanol–water partition coefficient (Wildman–Crippen LogP) is 2.95. The minimum absolute atomic E-state index is 0.208. The summed E-state index contributed by atoms with van der Waals surface area (Å²) in [4.78, 5) is 4.56. The summed E-state index contributed by atoms with van der Waals surface area (Å²) in [6.45, 7) is 0.758. The molecule has 15 heavy (non-hydrogen) atoms. The lowest BCUT2D eigenvalue weighted by atomic mass is 10.1. The smallest absolute Gasteiger partial charge is 0.0659 e. The predicted molar refractivity (Wildman–Crippen MR) is 60.5 cm³/mol. The highest BCUT2D eigenvalue weighted by Crippen LogP contribution is 2.22. The molecule has 2 nitrogen and oxygen atoms in total. The van der Waals surface area contributed by atoms with Crippen LogP contribution in [0.25, 0.3) is 0 Å². The van der Waals surface area contributed by atoms with Crippen LogP contribution in [0, 0.1) is 17.2 Å². The van der Waals surface area contributed by atoms with Crippen LogP contribution in [0.15, 0.2) is 35.3 Å². The second-order valence-corrected chi connectivity index (χ2v) is 3.94. The van der Waals surface area contributed by atoms with Gasteiger partial charge in [-0.2, -0.15) is 5.26 Å². The molecule has 0 amide bonds. The fraction of sp³-hybridized carbons (Fsp3) is 0.385. The topological polar surface area (TPSA) is 36.1 Å². The van der Waals surface area contributed by atoms with Gasteiger partial charge in [0.25, 0.3) is 0 Å². The first-order valence-corrected chi connectivity index (χ1v) is 5.34. The molecule has 0 aliphatic heterocycles. The van der Waals surface area contributed by atoms with Crippen molar-refractivity contribution in [3.8, 4) is 6.07 Å². The monoisotopic (exact) mass is 198 g/mol. The van der Waals surface area contributed by atoms with Crippen LogP contribution in [0.3, 0.4) is 0 Å². The zero-order valence-corrected chi connectivity index (χ0v) is 8.69. The maximum atomic E-state index is 8.76. The maximum Gasteiger partial charge on any atom is 0.0659 e. The van der Waals surface area contributed by atoms with Crippen LogP contribution in [-0.2, 0) is 6.54 Å². The summed E-state index contributed by atoms with van der Waals surface area (Å²) >= 11 is 0. The van der Waals surface area contributed by atoms with Gasteiger partial charge < -0.3 is 0 Å². The molecular weight excluding hydrogens is 184 g/mol. The van der Waals surface area contributed by atoms with E-state index in [-0.39, 0.29) is 5.92 Å². The van der Waals surface area contributed by atoms with Crippen molar-refractivity contribution in [2.75, 3.05) is 0 Å². The Balaban J connectivity index is 1.94. The Kier molecular flexibility index (Phi) is 3.14. The van der Waals surface area contributed by atoms with Crippen molar-refractivity contribution < 1.29 is 0 Å². The van der Waals surface area contributed by atoms with Crippen LogP contribution in [0.2, 0.25) is 0 Å². The molecule has 0 saturated heterocycles. The Labute approximate surface area is 90.3 Å². The van der Waals surface area contributed by atoms with Gasteiger partial charge in [-0.15, -0.1) is 0 Å². The molecule has 2 rings (SSSR count). The minimum Gasteiger partial charge on any atom is -0.289 e. The van der Waals surface area contributed by atoms with Gasteiger partial charge >= 0.3 is 0 Å². The van der Waals surface area contributed by atoms with Gasteiger partial charge in [-0.05, 0) is 18.4 Å². The quantitative estimate of drug-likeness (QED) is 0.719. The van der Waals surface area contributed by atoms with Crippen molar-refractivity contribution >= 4 is 5.71 Å². The summed E-state index contributed by atoms with van der Waals surface area (Å²) in [6.07, 6.45) is 2.87. The molecule has 1 atom stereocenters. The summed E-state index contributed by atoms with van der Waals surface area (Å²) < 4.78 is 0. The highest BCUT2D eigenvalue weighted by Gasteiger charge is 2.19. The van der Waals surface area contributed by atoms with E-state index in [0.29, 0.717) is 0 Å². The third kappa shape index (κ3) is 2.66. The lowest BCUT2D eigenvalue weighted by molar-refractivity contribution is 0.711. The fourth-order valence-corrected chi connectivity index (χ4v) is 1.87. The normalized spacial score (nSPS) is 22.9. The van der Waals surface area contributed by atoms with Gasteiger partial charge in [-0.1, -0.05) is 30.3 Å². The molecule has 76 valence electrons. The van der Waals surface area contributed by atoms with Gasteiger partial charge in [0.2, 0.25) is 0 Å². The second-order valence-electron chi connectivity index (χ2n) is 3.94. The Morgan fingerprint density at radius 1 is 1.33 bits per heavy atom. The average Bonchev–Trinajstić information content (AvgIpc) is 2.76. The maximum absolute atomic E-state index is 8.76. The third-order valence-electron chi connectivity index (χ3n) is 2.77. The summed E-state index contributed by atoms with van der Waals surface area (Å²) in [6, 6.07) is 12.6. The van der Waals surface area contributed by atoms with Crippen molar-refractivity contribution in [1.29, 1.82) is 5.26 Å². The van der Waals surface area contributed by atoms with Gasteiger partial charge in [0, 0.05) is 12.1 Å². The summed E-state index contributed by atoms with van der Waals surface area (Å²) in [5, 5.41) is 8.76. The second kappa shape index (κ2) is 4.75. The van der Waals surface area contributed by atoms with Crippen molar-refractivity contribution in [2.45, 2.75) is 25.8 Å². The van der Waals surface area contributed by atoms with Crippen LogP contribution < -0.4 is 0 Å². The fourth-order valence-electron chi connectivity index (χ4n) is 1.87. The SMILES string of the molecule is N#CC1CCC(=NCc2ccccc2)C1. The van der Waals surface area contributed by atoms with Crippen molar-refractivity contribution in [1.82, 2.24) is 0 Å². The molecule has 0 aromatic heterocycles. The van der Waals surface area contributed by atoms with Gasteiger partial charge in [0.05, 0.1) is 18.5 Å². The van der Waals surface area contributed by atoms with Gasteiger partial charge in [-0.25, -0.2) is 0 Å². The highest BCUT2D eigenvalue weighted by atomic mass is 14.7. The molecule has 1 fully saturated rings. The van der Waals surface area contributed by atoms with Crippen LogP contribution in [0.1, 0.15) is 24.8 Å². The lowest BCUT2D eigenvalue weighted by Gasteiger charge is -1.97. The molecule has 0 radical (unpaired) electrons. The number of aliphatic imine (C=N–C) groups is 1. The van der Waals surface area contributed by atoms with Crippen LogP contribution >= 0.6 is 0 Å². The number of hydrogen-bond donors (Lipinski definition) is 0. The molecule has 2 heteroatoms. The highest BCUT2D eigenvalue weighted by molar-refractivity contribution is 5.86. The van der Waals surface area contributed by atoms with E-state index in [1.165, 1.54) is 11.3 Å². The van der Waals surface area contributed by atoms with E-state index in [1.54, 1.807) is 0 Å². The first-order chi connectivity index (χ1) is 7.38. The van der Waals surface area contributed by atoms with E-state index in [0.717, 1.165) is 25.8 Å². The van der Waals surface area contributed by atoms with Gasteiger partial charge in [-0.3, -0.25) is 4.99 Å². The summed E-state index contributed by atoms with van der Waals surface area (Å²) in [7, 11) is 0. The van der Waals surface area contributed by atoms with Gasteiger partial charge in [0.15, 0.2) is 0 Å². The first kappa shape index (κ1) is 9.92. The van der Waals surface area contributed by atoms with Crippen molar-refractivity contribution in [3.05, 3.63) is 35.9 Å². The van der Waals surface area contributed by atoms with Crippen molar-refractivity contribution in [2.24, 2.45) is 10.9 Å². The number of nitrogens with zero attached hydrogens (tertiary/aromatic N) is 2. The molecule has 1 saturated carbocycles. The van der Waals surface area contributed by atoms with E-state index in [9.17, 15) is 0 Å². The molecule has 1 aromatic rings. The zero-order valence-electron chi connectivity index (χ0n) is 8.69. The zero-order chi connectivity index (χ0) is 10.5. The molecule has 1 unspecified atom stereocenters. The largest absolute Gasteiger partial charge is 0.289 e. The Bertz CT molecular complexity index is 387. The third-order valence-corrected chi connectivity index (χ3v) is 2.77. The number of hydrogen-bond acceptors (Lipinski definition) is 2. The molecule has 0 N–H and O–H groups in total. The Morgan fingerprint density at radius 3 is 2.80 bits per heavy atom. The Hall–Kier alpha value is -1.62. The van der Waals surface area contributed by atoms with E-state index in [2.05, 4.69) is 23.2 Å². The van der Waals surface area contributed by atoms with E-state index >= 15 is 0 Å². The number of nitriles is 1. The van der Waals surface area contributed by atoms with Gasteiger partial charge in [0.1, 0.15) is 0 Å².